The summed E-state index contributed by atoms with van der Waals surface area (Å²) in [6.45, 7) is 2.09. The molecular weight excluding hydrogens is 373 g/mol. The maximum absolute atomic E-state index is 14.5. The molecule has 0 aliphatic heterocycles. The summed E-state index contributed by atoms with van der Waals surface area (Å²) in [5, 5.41) is 4.83. The van der Waals surface area contributed by atoms with Crippen LogP contribution >= 0.6 is 11.6 Å². The van der Waals surface area contributed by atoms with Gasteiger partial charge >= 0.3 is 0 Å². The van der Waals surface area contributed by atoms with Crippen molar-refractivity contribution in [3.63, 3.8) is 0 Å². The van der Waals surface area contributed by atoms with E-state index < -0.39 is 0 Å². The van der Waals surface area contributed by atoms with Crippen LogP contribution in [0.15, 0.2) is 77.5 Å². The van der Waals surface area contributed by atoms with Crippen molar-refractivity contribution in [2.75, 3.05) is 0 Å². The lowest BCUT2D eigenvalue weighted by Crippen LogP contribution is -1.90. The van der Waals surface area contributed by atoms with Crippen molar-refractivity contribution in [1.82, 2.24) is 5.16 Å². The van der Waals surface area contributed by atoms with Gasteiger partial charge in [-0.25, -0.2) is 4.39 Å². The second-order valence-electron chi connectivity index (χ2n) is 6.73. The van der Waals surface area contributed by atoms with Gasteiger partial charge in [-0.2, -0.15) is 0 Å². The summed E-state index contributed by atoms with van der Waals surface area (Å²) >= 11 is 5.98. The lowest BCUT2D eigenvalue weighted by molar-refractivity contribution is 0.422. The van der Waals surface area contributed by atoms with Crippen LogP contribution in [0.2, 0.25) is 5.02 Å². The van der Waals surface area contributed by atoms with Crippen LogP contribution in [-0.2, 0) is 6.42 Å². The second kappa shape index (κ2) is 7.99. The highest BCUT2D eigenvalue weighted by molar-refractivity contribution is 6.30. The van der Waals surface area contributed by atoms with E-state index in [0.717, 1.165) is 46.4 Å². The van der Waals surface area contributed by atoms with Crippen LogP contribution in [-0.4, -0.2) is 5.16 Å². The maximum Gasteiger partial charge on any atom is 0.132 e. The third-order valence-electron chi connectivity index (χ3n) is 4.77. The second-order valence-corrected chi connectivity index (χ2v) is 7.16. The van der Waals surface area contributed by atoms with Crippen molar-refractivity contribution < 1.29 is 8.91 Å². The van der Waals surface area contributed by atoms with Gasteiger partial charge in [-0.1, -0.05) is 78.6 Å². The normalized spacial score (nSPS) is 11.0. The van der Waals surface area contributed by atoms with Crippen LogP contribution in [0.5, 0.6) is 0 Å². The van der Waals surface area contributed by atoms with E-state index in [1.807, 2.05) is 60.7 Å². The highest BCUT2D eigenvalue weighted by Crippen LogP contribution is 2.33. The van der Waals surface area contributed by atoms with Gasteiger partial charge in [-0.3, -0.25) is 0 Å². The molecule has 1 aromatic heterocycles. The highest BCUT2D eigenvalue weighted by Gasteiger charge is 2.13. The monoisotopic (exact) mass is 391 g/mol. The van der Waals surface area contributed by atoms with E-state index in [-0.39, 0.29) is 5.82 Å². The van der Waals surface area contributed by atoms with E-state index in [1.165, 1.54) is 0 Å². The van der Waals surface area contributed by atoms with Crippen molar-refractivity contribution >= 4 is 11.6 Å². The molecule has 0 atom stereocenters. The minimum absolute atomic E-state index is 0.193. The van der Waals surface area contributed by atoms with Gasteiger partial charge in [0.2, 0.25) is 0 Å². The summed E-state index contributed by atoms with van der Waals surface area (Å²) in [5.41, 5.74) is 5.97. The highest BCUT2D eigenvalue weighted by atomic mass is 35.5. The van der Waals surface area contributed by atoms with Crippen LogP contribution in [0.25, 0.3) is 33.5 Å². The first-order valence-corrected chi connectivity index (χ1v) is 9.63. The number of aryl methyl sites for hydroxylation is 1. The number of benzene rings is 3. The zero-order valence-electron chi connectivity index (χ0n) is 15.5. The van der Waals surface area contributed by atoms with E-state index in [2.05, 4.69) is 12.1 Å². The molecule has 0 radical (unpaired) electrons. The third kappa shape index (κ3) is 3.71. The molecule has 0 amide bonds. The van der Waals surface area contributed by atoms with Gasteiger partial charge in [0.05, 0.1) is 0 Å². The summed E-state index contributed by atoms with van der Waals surface area (Å²) in [4.78, 5) is 0. The molecule has 0 fully saturated rings. The zero-order valence-corrected chi connectivity index (χ0v) is 16.2. The van der Waals surface area contributed by atoms with E-state index >= 15 is 0 Å². The van der Waals surface area contributed by atoms with Crippen LogP contribution in [0.3, 0.4) is 0 Å². The molecule has 3 aromatic carbocycles. The van der Waals surface area contributed by atoms with Crippen LogP contribution in [0.4, 0.5) is 4.39 Å². The lowest BCUT2D eigenvalue weighted by Gasteiger charge is -2.07. The molecule has 0 aliphatic carbocycles. The first-order valence-electron chi connectivity index (χ1n) is 9.25. The minimum Gasteiger partial charge on any atom is -0.363 e. The van der Waals surface area contributed by atoms with Crippen LogP contribution in [0.1, 0.15) is 18.9 Å². The standard InChI is InChI=1S/C24H19ClFNO/c1-2-3-16-4-13-21(23(26)14-16)17-5-7-19(8-6-17)24-22(15-28-27-24)18-9-11-20(25)12-10-18/h4-15H,2-3H2,1H3. The quantitative estimate of drug-likeness (QED) is 0.353. The van der Waals surface area contributed by atoms with Gasteiger partial charge in [0.1, 0.15) is 17.8 Å². The number of aromatic nitrogens is 1. The van der Waals surface area contributed by atoms with Gasteiger partial charge < -0.3 is 4.52 Å². The Kier molecular flexibility index (Phi) is 5.27. The summed E-state index contributed by atoms with van der Waals surface area (Å²) < 4.78 is 19.7. The molecule has 0 N–H and O–H groups in total. The van der Waals surface area contributed by atoms with Gasteiger partial charge in [0.25, 0.3) is 0 Å². The molecule has 0 unspecified atom stereocenters. The number of hydrogen-bond acceptors (Lipinski definition) is 2. The van der Waals surface area contributed by atoms with Crippen molar-refractivity contribution in [2.45, 2.75) is 19.8 Å². The molecule has 2 nitrogen and oxygen atoms in total. The lowest BCUT2D eigenvalue weighted by atomic mass is 9.98. The Hall–Kier alpha value is -2.91. The van der Waals surface area contributed by atoms with Gasteiger partial charge in [0.15, 0.2) is 0 Å². The Labute approximate surface area is 168 Å². The van der Waals surface area contributed by atoms with Crippen LogP contribution in [0, 0.1) is 5.82 Å². The molecule has 4 rings (SSSR count). The van der Waals surface area contributed by atoms with E-state index in [4.69, 9.17) is 16.1 Å². The molecule has 0 saturated carbocycles. The van der Waals surface area contributed by atoms with Crippen molar-refractivity contribution in [3.8, 4) is 33.5 Å². The SMILES string of the molecule is CCCc1ccc(-c2ccc(-c3nocc3-c3ccc(Cl)cc3)cc2)c(F)c1. The molecule has 28 heavy (non-hydrogen) atoms. The maximum atomic E-state index is 14.5. The van der Waals surface area contributed by atoms with E-state index in [0.29, 0.717) is 10.6 Å². The average Bonchev–Trinajstić information content (AvgIpc) is 3.19. The van der Waals surface area contributed by atoms with Crippen molar-refractivity contribution in [2.24, 2.45) is 0 Å². The molecule has 4 aromatic rings. The van der Waals surface area contributed by atoms with Crippen LogP contribution < -0.4 is 0 Å². The summed E-state index contributed by atoms with van der Waals surface area (Å²) in [6.07, 6.45) is 3.51. The molecule has 0 aliphatic rings. The minimum atomic E-state index is -0.193. The number of hydrogen-bond donors (Lipinski definition) is 0. The molecule has 140 valence electrons. The van der Waals surface area contributed by atoms with Crippen molar-refractivity contribution in [3.05, 3.63) is 89.4 Å². The fourth-order valence-corrected chi connectivity index (χ4v) is 3.45. The number of nitrogens with zero attached hydrogens (tertiary/aromatic N) is 1. The van der Waals surface area contributed by atoms with E-state index in [9.17, 15) is 4.39 Å². The number of rotatable bonds is 5. The fourth-order valence-electron chi connectivity index (χ4n) is 3.32. The van der Waals surface area contributed by atoms with E-state index in [1.54, 1.807) is 12.3 Å². The third-order valence-corrected chi connectivity index (χ3v) is 5.02. The first-order chi connectivity index (χ1) is 13.7. The Bertz CT molecular complexity index is 1080. The first kappa shape index (κ1) is 18.5. The van der Waals surface area contributed by atoms with Gasteiger partial charge in [0, 0.05) is 21.7 Å². The Balaban J connectivity index is 1.65. The van der Waals surface area contributed by atoms with Gasteiger partial charge in [-0.15, -0.1) is 0 Å². The topological polar surface area (TPSA) is 26.0 Å². The molecule has 0 saturated heterocycles. The van der Waals surface area contributed by atoms with Crippen molar-refractivity contribution in [1.29, 1.82) is 0 Å². The number of halogens is 2. The molecule has 0 bridgehead atoms. The Morgan fingerprint density at radius 2 is 1.50 bits per heavy atom. The summed E-state index contributed by atoms with van der Waals surface area (Å²) in [6, 6.07) is 20.7. The Morgan fingerprint density at radius 1 is 0.857 bits per heavy atom. The summed E-state index contributed by atoms with van der Waals surface area (Å²) in [7, 11) is 0. The molecular formula is C24H19ClFNO. The average molecular weight is 392 g/mol. The van der Waals surface area contributed by atoms with Gasteiger partial charge in [-0.05, 0) is 41.3 Å². The zero-order chi connectivity index (χ0) is 19.5. The molecule has 0 spiro atoms. The largest absolute Gasteiger partial charge is 0.363 e. The predicted molar refractivity (Wildman–Crippen MR) is 112 cm³/mol. The molecule has 1 heterocycles. The molecule has 4 heteroatoms. The Morgan fingerprint density at radius 3 is 2.18 bits per heavy atom. The summed E-state index contributed by atoms with van der Waals surface area (Å²) in [5.74, 6) is -0.193. The smallest absolute Gasteiger partial charge is 0.132 e. The fraction of sp³-hybridized carbons (Fsp3) is 0.125. The predicted octanol–water partition coefficient (Wildman–Crippen LogP) is 7.42.